The number of carbonyl (C=O) groups excluding carboxylic acids is 1. The number of carbonyl (C=O) groups is 1. The van der Waals surface area contributed by atoms with Crippen LogP contribution in [0.2, 0.25) is 0 Å². The first-order chi connectivity index (χ1) is 8.49. The molecule has 2 aliphatic rings. The summed E-state index contributed by atoms with van der Waals surface area (Å²) < 4.78 is 0. The molecule has 2 aliphatic heterocycles. The van der Waals surface area contributed by atoms with E-state index in [9.17, 15) is 4.79 Å². The highest BCUT2D eigenvalue weighted by molar-refractivity contribution is 5.80. The van der Waals surface area contributed by atoms with Gasteiger partial charge in [0.25, 0.3) is 0 Å². The van der Waals surface area contributed by atoms with E-state index in [-0.39, 0.29) is 12.1 Å². The highest BCUT2D eigenvalue weighted by Crippen LogP contribution is 2.23. The molecule has 4 heteroatoms. The lowest BCUT2D eigenvalue weighted by Gasteiger charge is -2.30. The molecule has 0 aromatic carbocycles. The van der Waals surface area contributed by atoms with Crippen LogP contribution in [0, 0.1) is 11.8 Å². The molecule has 0 aromatic heterocycles. The van der Waals surface area contributed by atoms with Gasteiger partial charge in [-0.15, -0.1) is 0 Å². The molecule has 104 valence electrons. The molecule has 4 nitrogen and oxygen atoms in total. The molecule has 0 spiro atoms. The summed E-state index contributed by atoms with van der Waals surface area (Å²) in [5.74, 6) is 1.41. The molecule has 2 rings (SSSR count). The standard InChI is InChI=1S/C14H27N3O/c1-10(2)14-15-7-13(18)17(14)9-12-5-6-16(8-12)11(3)4/h10-12,14-15H,5-9H2,1-4H3. The van der Waals surface area contributed by atoms with Crippen LogP contribution >= 0.6 is 0 Å². The van der Waals surface area contributed by atoms with Crippen LogP contribution in [-0.2, 0) is 4.79 Å². The van der Waals surface area contributed by atoms with E-state index in [4.69, 9.17) is 0 Å². The lowest BCUT2D eigenvalue weighted by molar-refractivity contribution is -0.129. The quantitative estimate of drug-likeness (QED) is 0.816. The number of hydrogen-bond acceptors (Lipinski definition) is 3. The number of rotatable bonds is 4. The second kappa shape index (κ2) is 5.57. The van der Waals surface area contributed by atoms with Crippen molar-refractivity contribution in [3.05, 3.63) is 0 Å². The van der Waals surface area contributed by atoms with Crippen LogP contribution in [0.1, 0.15) is 34.1 Å². The molecule has 1 amide bonds. The molecule has 2 fully saturated rings. The number of hydrogen-bond donors (Lipinski definition) is 1. The fraction of sp³-hybridized carbons (Fsp3) is 0.929. The predicted molar refractivity (Wildman–Crippen MR) is 73.2 cm³/mol. The fourth-order valence-electron chi connectivity index (χ4n) is 3.13. The summed E-state index contributed by atoms with van der Waals surface area (Å²) in [5, 5.41) is 3.33. The number of likely N-dealkylation sites (tertiary alicyclic amines) is 1. The van der Waals surface area contributed by atoms with Gasteiger partial charge in [-0.05, 0) is 38.6 Å². The number of nitrogens with one attached hydrogen (secondary N) is 1. The van der Waals surface area contributed by atoms with E-state index in [0.29, 0.717) is 24.4 Å². The first kappa shape index (κ1) is 13.8. The van der Waals surface area contributed by atoms with Crippen molar-refractivity contribution in [1.29, 1.82) is 0 Å². The second-order valence-corrected chi connectivity index (χ2v) is 6.36. The first-order valence-electron chi connectivity index (χ1n) is 7.26. The smallest absolute Gasteiger partial charge is 0.237 e. The molecule has 2 heterocycles. The molecule has 0 aliphatic carbocycles. The summed E-state index contributed by atoms with van der Waals surface area (Å²) >= 11 is 0. The van der Waals surface area contributed by atoms with Crippen LogP contribution < -0.4 is 5.32 Å². The van der Waals surface area contributed by atoms with E-state index in [1.54, 1.807) is 0 Å². The van der Waals surface area contributed by atoms with Gasteiger partial charge < -0.3 is 9.80 Å². The van der Waals surface area contributed by atoms with Crippen molar-refractivity contribution >= 4 is 5.91 Å². The zero-order chi connectivity index (χ0) is 13.3. The maximum atomic E-state index is 11.9. The van der Waals surface area contributed by atoms with Crippen molar-refractivity contribution < 1.29 is 4.79 Å². The summed E-state index contributed by atoms with van der Waals surface area (Å²) in [5.41, 5.74) is 0. The molecule has 2 atom stereocenters. The van der Waals surface area contributed by atoms with Crippen molar-refractivity contribution in [2.45, 2.75) is 46.3 Å². The van der Waals surface area contributed by atoms with Crippen molar-refractivity contribution in [1.82, 2.24) is 15.1 Å². The minimum atomic E-state index is 0.241. The molecule has 0 aromatic rings. The van der Waals surface area contributed by atoms with Crippen molar-refractivity contribution in [2.75, 3.05) is 26.2 Å². The lowest BCUT2D eigenvalue weighted by Crippen LogP contribution is -2.44. The first-order valence-corrected chi connectivity index (χ1v) is 7.26. The SMILES string of the molecule is CC(C)C1NCC(=O)N1CC1CCN(C(C)C)C1. The van der Waals surface area contributed by atoms with Crippen LogP contribution in [-0.4, -0.2) is 54.1 Å². The Balaban J connectivity index is 1.91. The topological polar surface area (TPSA) is 35.6 Å². The van der Waals surface area contributed by atoms with Gasteiger partial charge in [0.15, 0.2) is 0 Å². The maximum Gasteiger partial charge on any atom is 0.237 e. The molecule has 18 heavy (non-hydrogen) atoms. The van der Waals surface area contributed by atoms with Crippen molar-refractivity contribution in [3.63, 3.8) is 0 Å². The largest absolute Gasteiger partial charge is 0.325 e. The van der Waals surface area contributed by atoms with E-state index >= 15 is 0 Å². The van der Waals surface area contributed by atoms with Crippen molar-refractivity contribution in [3.8, 4) is 0 Å². The Kier molecular flexibility index (Phi) is 4.28. The lowest BCUT2D eigenvalue weighted by atomic mass is 10.1. The molecular formula is C14H27N3O. The summed E-state index contributed by atoms with van der Waals surface area (Å²) in [6.45, 7) is 12.6. The minimum absolute atomic E-state index is 0.241. The van der Waals surface area contributed by atoms with Crippen LogP contribution in [0.15, 0.2) is 0 Å². The summed E-state index contributed by atoms with van der Waals surface area (Å²) in [6, 6.07) is 0.628. The van der Waals surface area contributed by atoms with Crippen molar-refractivity contribution in [2.24, 2.45) is 11.8 Å². The van der Waals surface area contributed by atoms with Gasteiger partial charge in [0.2, 0.25) is 5.91 Å². The average molecular weight is 253 g/mol. The van der Waals surface area contributed by atoms with E-state index in [1.807, 2.05) is 0 Å². The molecular weight excluding hydrogens is 226 g/mol. The van der Waals surface area contributed by atoms with Gasteiger partial charge in [0.05, 0.1) is 12.7 Å². The number of nitrogens with zero attached hydrogens (tertiary/aromatic N) is 2. The van der Waals surface area contributed by atoms with Crippen LogP contribution in [0.25, 0.3) is 0 Å². The van der Waals surface area contributed by atoms with Gasteiger partial charge in [0, 0.05) is 19.1 Å². The zero-order valence-corrected chi connectivity index (χ0v) is 12.1. The Labute approximate surface area is 111 Å². The molecule has 0 bridgehead atoms. The van der Waals surface area contributed by atoms with Crippen LogP contribution in [0.3, 0.4) is 0 Å². The highest BCUT2D eigenvalue weighted by atomic mass is 16.2. The van der Waals surface area contributed by atoms with Gasteiger partial charge in [-0.25, -0.2) is 0 Å². The predicted octanol–water partition coefficient (Wildman–Crippen LogP) is 1.13. The Morgan fingerprint density at radius 1 is 1.33 bits per heavy atom. The van der Waals surface area contributed by atoms with Gasteiger partial charge >= 0.3 is 0 Å². The van der Waals surface area contributed by atoms with Gasteiger partial charge in [-0.3, -0.25) is 10.1 Å². The van der Waals surface area contributed by atoms with E-state index in [0.717, 1.165) is 13.1 Å². The number of amides is 1. The van der Waals surface area contributed by atoms with Gasteiger partial charge in [-0.2, -0.15) is 0 Å². The zero-order valence-electron chi connectivity index (χ0n) is 12.1. The normalized spacial score (nSPS) is 30.1. The Bertz CT molecular complexity index is 303. The van der Waals surface area contributed by atoms with E-state index in [1.165, 1.54) is 13.0 Å². The van der Waals surface area contributed by atoms with Crippen LogP contribution in [0.4, 0.5) is 0 Å². The Morgan fingerprint density at radius 3 is 2.61 bits per heavy atom. The third-order valence-electron chi connectivity index (χ3n) is 4.25. The maximum absolute atomic E-state index is 11.9. The average Bonchev–Trinajstić information content (AvgIpc) is 2.88. The fourth-order valence-corrected chi connectivity index (χ4v) is 3.13. The summed E-state index contributed by atoms with van der Waals surface area (Å²) in [7, 11) is 0. The molecule has 0 saturated carbocycles. The second-order valence-electron chi connectivity index (χ2n) is 6.36. The van der Waals surface area contributed by atoms with Crippen LogP contribution in [0.5, 0.6) is 0 Å². The minimum Gasteiger partial charge on any atom is -0.325 e. The Hall–Kier alpha value is -0.610. The summed E-state index contributed by atoms with van der Waals surface area (Å²) in [6.07, 6.45) is 1.47. The molecule has 1 N–H and O–H groups in total. The monoisotopic (exact) mass is 253 g/mol. The third-order valence-corrected chi connectivity index (χ3v) is 4.25. The molecule has 2 unspecified atom stereocenters. The van der Waals surface area contributed by atoms with E-state index < -0.39 is 0 Å². The Morgan fingerprint density at radius 2 is 2.06 bits per heavy atom. The molecule has 2 saturated heterocycles. The summed E-state index contributed by atoms with van der Waals surface area (Å²) in [4.78, 5) is 16.5. The van der Waals surface area contributed by atoms with Gasteiger partial charge in [-0.1, -0.05) is 13.8 Å². The molecule has 0 radical (unpaired) electrons. The van der Waals surface area contributed by atoms with E-state index in [2.05, 4.69) is 42.8 Å². The third kappa shape index (κ3) is 2.86. The highest BCUT2D eigenvalue weighted by Gasteiger charge is 2.35. The van der Waals surface area contributed by atoms with Gasteiger partial charge in [0.1, 0.15) is 0 Å².